The maximum Gasteiger partial charge on any atom is 0.226 e. The van der Waals surface area contributed by atoms with E-state index in [1.54, 1.807) is 0 Å². The zero-order valence-electron chi connectivity index (χ0n) is 12.8. The number of hydrogen-bond donors (Lipinski definition) is 2. The number of carbonyl (C=O) groups is 1. The number of rotatable bonds is 3. The molecule has 114 valence electrons. The van der Waals surface area contributed by atoms with E-state index in [-0.39, 0.29) is 17.9 Å². The van der Waals surface area contributed by atoms with E-state index in [2.05, 4.69) is 23.5 Å². The van der Waals surface area contributed by atoms with Gasteiger partial charge in [0.1, 0.15) is 0 Å². The molecule has 3 unspecified atom stereocenters. The molecule has 1 fully saturated rings. The van der Waals surface area contributed by atoms with E-state index >= 15 is 0 Å². The average molecular weight is 287 g/mol. The monoisotopic (exact) mass is 287 g/mol. The second-order valence-electron chi connectivity index (χ2n) is 6.57. The highest BCUT2D eigenvalue weighted by Crippen LogP contribution is 2.28. The fraction of sp³-hybridized carbons (Fsp3) is 0.611. The minimum Gasteiger partial charge on any atom is -0.392 e. The van der Waals surface area contributed by atoms with Crippen molar-refractivity contribution in [3.8, 4) is 0 Å². The lowest BCUT2D eigenvalue weighted by atomic mass is 9.89. The summed E-state index contributed by atoms with van der Waals surface area (Å²) >= 11 is 0. The standard InChI is InChI=1S/C18H25NO2/c1-12(19-18(21)16-7-4-8-17(16)20)14-10-9-13-5-2-3-6-15(13)11-14/h9-12,16-17,20H,2-8H2,1H3,(H,19,21). The Hall–Kier alpha value is -1.35. The van der Waals surface area contributed by atoms with Crippen molar-refractivity contribution in [1.82, 2.24) is 5.32 Å². The van der Waals surface area contributed by atoms with Gasteiger partial charge in [-0.3, -0.25) is 4.79 Å². The number of benzene rings is 1. The first-order valence-electron chi connectivity index (χ1n) is 8.25. The Morgan fingerprint density at radius 3 is 2.67 bits per heavy atom. The van der Waals surface area contributed by atoms with Crippen LogP contribution >= 0.6 is 0 Å². The molecule has 0 spiro atoms. The van der Waals surface area contributed by atoms with Crippen LogP contribution in [0.3, 0.4) is 0 Å². The molecule has 3 atom stereocenters. The number of aliphatic hydroxyl groups excluding tert-OH is 1. The van der Waals surface area contributed by atoms with E-state index in [0.29, 0.717) is 0 Å². The van der Waals surface area contributed by atoms with Crippen molar-refractivity contribution in [3.63, 3.8) is 0 Å². The molecule has 1 amide bonds. The lowest BCUT2D eigenvalue weighted by molar-refractivity contribution is -0.128. The van der Waals surface area contributed by atoms with Crippen molar-refractivity contribution in [2.45, 2.75) is 64.0 Å². The van der Waals surface area contributed by atoms with Crippen molar-refractivity contribution < 1.29 is 9.90 Å². The second-order valence-corrected chi connectivity index (χ2v) is 6.57. The maximum atomic E-state index is 12.3. The minimum absolute atomic E-state index is 0.00483. The van der Waals surface area contributed by atoms with Gasteiger partial charge in [0.2, 0.25) is 5.91 Å². The van der Waals surface area contributed by atoms with Crippen LogP contribution < -0.4 is 5.32 Å². The van der Waals surface area contributed by atoms with Crippen LogP contribution in [0.2, 0.25) is 0 Å². The van der Waals surface area contributed by atoms with Gasteiger partial charge < -0.3 is 10.4 Å². The Balaban J connectivity index is 1.67. The molecule has 0 aromatic heterocycles. The Labute approximate surface area is 126 Å². The maximum absolute atomic E-state index is 12.3. The second kappa shape index (κ2) is 6.18. The lowest BCUT2D eigenvalue weighted by Crippen LogP contribution is -2.36. The third-order valence-electron chi connectivity index (χ3n) is 5.05. The molecule has 0 bridgehead atoms. The van der Waals surface area contributed by atoms with Gasteiger partial charge in [0.25, 0.3) is 0 Å². The number of nitrogens with one attached hydrogen (secondary N) is 1. The molecule has 1 aromatic carbocycles. The molecular weight excluding hydrogens is 262 g/mol. The molecule has 3 nitrogen and oxygen atoms in total. The van der Waals surface area contributed by atoms with Crippen molar-refractivity contribution in [2.24, 2.45) is 5.92 Å². The van der Waals surface area contributed by atoms with Gasteiger partial charge in [0.05, 0.1) is 18.1 Å². The topological polar surface area (TPSA) is 49.3 Å². The molecule has 0 heterocycles. The molecular formula is C18H25NO2. The molecule has 2 N–H and O–H groups in total. The number of hydrogen-bond acceptors (Lipinski definition) is 2. The van der Waals surface area contributed by atoms with Crippen LogP contribution in [0, 0.1) is 5.92 Å². The molecule has 1 aromatic rings. The van der Waals surface area contributed by atoms with Crippen LogP contribution in [-0.4, -0.2) is 17.1 Å². The van der Waals surface area contributed by atoms with E-state index in [4.69, 9.17) is 0 Å². The summed E-state index contributed by atoms with van der Waals surface area (Å²) < 4.78 is 0. The smallest absolute Gasteiger partial charge is 0.226 e. The van der Waals surface area contributed by atoms with E-state index in [1.807, 2.05) is 6.92 Å². The molecule has 21 heavy (non-hydrogen) atoms. The summed E-state index contributed by atoms with van der Waals surface area (Å²) in [6, 6.07) is 6.62. The van der Waals surface area contributed by atoms with Crippen LogP contribution in [0.4, 0.5) is 0 Å². The van der Waals surface area contributed by atoms with Crippen molar-refractivity contribution in [2.75, 3.05) is 0 Å². The van der Waals surface area contributed by atoms with Crippen LogP contribution in [-0.2, 0) is 17.6 Å². The largest absolute Gasteiger partial charge is 0.392 e. The normalized spacial score (nSPS) is 26.2. The minimum atomic E-state index is -0.458. The molecule has 0 aliphatic heterocycles. The third-order valence-corrected chi connectivity index (χ3v) is 5.05. The van der Waals surface area contributed by atoms with Crippen molar-refractivity contribution >= 4 is 5.91 Å². The van der Waals surface area contributed by atoms with Crippen LogP contribution in [0.1, 0.15) is 61.8 Å². The summed E-state index contributed by atoms with van der Waals surface area (Å²) in [7, 11) is 0. The number of fused-ring (bicyclic) bond motifs is 1. The zero-order valence-corrected chi connectivity index (χ0v) is 12.8. The van der Waals surface area contributed by atoms with Crippen molar-refractivity contribution in [3.05, 3.63) is 34.9 Å². The van der Waals surface area contributed by atoms with Crippen LogP contribution in [0.25, 0.3) is 0 Å². The van der Waals surface area contributed by atoms with Crippen LogP contribution in [0.5, 0.6) is 0 Å². The van der Waals surface area contributed by atoms with Gasteiger partial charge in [0, 0.05) is 0 Å². The van der Waals surface area contributed by atoms with E-state index in [0.717, 1.165) is 25.7 Å². The van der Waals surface area contributed by atoms with Gasteiger partial charge in [-0.2, -0.15) is 0 Å². The van der Waals surface area contributed by atoms with Gasteiger partial charge in [-0.25, -0.2) is 0 Å². The highest BCUT2D eigenvalue weighted by Gasteiger charge is 2.32. The van der Waals surface area contributed by atoms with E-state index in [9.17, 15) is 9.90 Å². The number of aryl methyl sites for hydroxylation is 2. The predicted octanol–water partition coefficient (Wildman–Crippen LogP) is 2.90. The number of aliphatic hydroxyl groups is 1. The fourth-order valence-corrected chi connectivity index (χ4v) is 3.67. The Morgan fingerprint density at radius 1 is 1.19 bits per heavy atom. The molecule has 2 aliphatic rings. The third kappa shape index (κ3) is 3.13. The highest BCUT2D eigenvalue weighted by atomic mass is 16.3. The molecule has 2 aliphatic carbocycles. The van der Waals surface area contributed by atoms with Gasteiger partial charge in [0.15, 0.2) is 0 Å². The number of amides is 1. The summed E-state index contributed by atoms with van der Waals surface area (Å²) in [5, 5.41) is 12.9. The fourth-order valence-electron chi connectivity index (χ4n) is 3.67. The Bertz CT molecular complexity index is 526. The highest BCUT2D eigenvalue weighted by molar-refractivity contribution is 5.80. The first-order chi connectivity index (χ1) is 10.1. The van der Waals surface area contributed by atoms with Gasteiger partial charge in [-0.05, 0) is 68.6 Å². The first-order valence-corrected chi connectivity index (χ1v) is 8.25. The van der Waals surface area contributed by atoms with Crippen molar-refractivity contribution in [1.29, 1.82) is 0 Å². The Morgan fingerprint density at radius 2 is 1.95 bits per heavy atom. The lowest BCUT2D eigenvalue weighted by Gasteiger charge is -2.22. The molecule has 1 saturated carbocycles. The summed E-state index contributed by atoms with van der Waals surface area (Å²) in [6.07, 6.45) is 6.96. The molecule has 3 rings (SSSR count). The van der Waals surface area contributed by atoms with Gasteiger partial charge >= 0.3 is 0 Å². The van der Waals surface area contributed by atoms with E-state index in [1.165, 1.54) is 36.0 Å². The van der Waals surface area contributed by atoms with Gasteiger partial charge in [-0.15, -0.1) is 0 Å². The summed E-state index contributed by atoms with van der Waals surface area (Å²) in [4.78, 5) is 12.3. The average Bonchev–Trinajstić information content (AvgIpc) is 2.93. The van der Waals surface area contributed by atoms with Crippen LogP contribution in [0.15, 0.2) is 18.2 Å². The predicted molar refractivity (Wildman–Crippen MR) is 83.0 cm³/mol. The molecule has 0 saturated heterocycles. The Kier molecular flexibility index (Phi) is 4.29. The SMILES string of the molecule is CC(NC(=O)C1CCCC1O)c1ccc2c(c1)CCCC2. The number of carbonyl (C=O) groups excluding carboxylic acids is 1. The summed E-state index contributed by atoms with van der Waals surface area (Å²) in [5.74, 6) is -0.213. The first kappa shape index (κ1) is 14.6. The summed E-state index contributed by atoms with van der Waals surface area (Å²) in [5.41, 5.74) is 4.09. The summed E-state index contributed by atoms with van der Waals surface area (Å²) in [6.45, 7) is 2.03. The quantitative estimate of drug-likeness (QED) is 0.898. The van der Waals surface area contributed by atoms with Gasteiger partial charge in [-0.1, -0.05) is 18.2 Å². The molecule has 3 heteroatoms. The zero-order chi connectivity index (χ0) is 14.8. The van der Waals surface area contributed by atoms with E-state index < -0.39 is 6.10 Å². The molecule has 0 radical (unpaired) electrons.